The van der Waals surface area contributed by atoms with Crippen molar-refractivity contribution in [1.29, 1.82) is 0 Å². The fourth-order valence-corrected chi connectivity index (χ4v) is 2.97. The average Bonchev–Trinajstić information content (AvgIpc) is 2.55. The number of rotatable bonds is 3. The minimum absolute atomic E-state index is 0.229. The van der Waals surface area contributed by atoms with Gasteiger partial charge in [0.2, 0.25) is 0 Å². The Hall–Kier alpha value is -2.43. The van der Waals surface area contributed by atoms with Gasteiger partial charge in [0.15, 0.2) is 0 Å². The first-order valence-corrected chi connectivity index (χ1v) is 8.08. The second kappa shape index (κ2) is 6.77. The number of benzene rings is 1. The maximum atomic E-state index is 12.3. The highest BCUT2D eigenvalue weighted by Crippen LogP contribution is 2.17. The Balaban J connectivity index is 1.69. The minimum Gasteiger partial charge on any atom is -0.355 e. The first-order valence-electron chi connectivity index (χ1n) is 8.08. The van der Waals surface area contributed by atoms with Crippen LogP contribution < -0.4 is 10.2 Å². The Morgan fingerprint density at radius 3 is 2.30 bits per heavy atom. The molecule has 0 spiro atoms. The molecule has 0 bridgehead atoms. The van der Waals surface area contributed by atoms with Crippen molar-refractivity contribution in [1.82, 2.24) is 9.97 Å². The molecule has 1 amide bonds. The summed E-state index contributed by atoms with van der Waals surface area (Å²) in [6, 6.07) is 5.96. The van der Waals surface area contributed by atoms with E-state index in [0.29, 0.717) is 5.69 Å². The molecule has 23 heavy (non-hydrogen) atoms. The predicted molar refractivity (Wildman–Crippen MR) is 92.0 cm³/mol. The van der Waals surface area contributed by atoms with Gasteiger partial charge in [0.25, 0.3) is 5.91 Å². The van der Waals surface area contributed by atoms with Gasteiger partial charge in [-0.05, 0) is 56.4 Å². The number of anilines is 2. The number of hydrogen-bond donors (Lipinski definition) is 1. The zero-order valence-corrected chi connectivity index (χ0v) is 13.7. The quantitative estimate of drug-likeness (QED) is 0.944. The monoisotopic (exact) mass is 310 g/mol. The summed E-state index contributed by atoms with van der Waals surface area (Å²) in [7, 11) is 0. The molecule has 0 atom stereocenters. The molecule has 5 nitrogen and oxygen atoms in total. The van der Waals surface area contributed by atoms with Crippen LogP contribution >= 0.6 is 0 Å². The van der Waals surface area contributed by atoms with Crippen LogP contribution in [-0.4, -0.2) is 29.0 Å². The average molecular weight is 310 g/mol. The Kier molecular flexibility index (Phi) is 4.55. The zero-order chi connectivity index (χ0) is 16.2. The van der Waals surface area contributed by atoms with Crippen molar-refractivity contribution in [3.05, 3.63) is 47.4 Å². The first kappa shape index (κ1) is 15.5. The summed E-state index contributed by atoms with van der Waals surface area (Å²) in [5.74, 6) is 0.625. The Morgan fingerprint density at radius 2 is 1.70 bits per heavy atom. The Morgan fingerprint density at radius 1 is 1.00 bits per heavy atom. The molecule has 1 aromatic carbocycles. The molecular formula is C18H22N4O. The topological polar surface area (TPSA) is 58.1 Å². The van der Waals surface area contributed by atoms with E-state index in [1.54, 1.807) is 12.4 Å². The molecule has 1 fully saturated rings. The van der Waals surface area contributed by atoms with Crippen molar-refractivity contribution in [3.8, 4) is 0 Å². The van der Waals surface area contributed by atoms with Crippen LogP contribution in [0.4, 0.5) is 11.5 Å². The Bertz CT molecular complexity index is 670. The number of aromatic nitrogens is 2. The lowest BCUT2D eigenvalue weighted by atomic mass is 10.1. The Labute approximate surface area is 136 Å². The molecule has 1 N–H and O–H groups in total. The molecule has 0 aliphatic carbocycles. The van der Waals surface area contributed by atoms with E-state index in [0.717, 1.165) is 35.7 Å². The number of nitrogens with one attached hydrogen (secondary N) is 1. The summed E-state index contributed by atoms with van der Waals surface area (Å²) < 4.78 is 0. The van der Waals surface area contributed by atoms with Gasteiger partial charge in [0.05, 0.1) is 12.4 Å². The van der Waals surface area contributed by atoms with Crippen molar-refractivity contribution < 1.29 is 4.79 Å². The molecule has 1 aliphatic heterocycles. The molecule has 0 radical (unpaired) electrons. The fourth-order valence-electron chi connectivity index (χ4n) is 2.97. The number of amides is 1. The molecule has 3 rings (SSSR count). The maximum Gasteiger partial charge on any atom is 0.275 e. The minimum atomic E-state index is -0.229. The van der Waals surface area contributed by atoms with Crippen LogP contribution in [0.2, 0.25) is 0 Å². The molecule has 5 heteroatoms. The summed E-state index contributed by atoms with van der Waals surface area (Å²) in [5.41, 5.74) is 3.36. The normalized spacial score (nSPS) is 14.6. The highest BCUT2D eigenvalue weighted by molar-refractivity contribution is 6.02. The second-order valence-electron chi connectivity index (χ2n) is 6.14. The third-order valence-electron chi connectivity index (χ3n) is 4.03. The molecule has 1 saturated heterocycles. The van der Waals surface area contributed by atoms with Gasteiger partial charge in [-0.3, -0.25) is 4.79 Å². The van der Waals surface area contributed by atoms with Crippen LogP contribution in [0.5, 0.6) is 0 Å². The van der Waals surface area contributed by atoms with Crippen LogP contribution in [0.15, 0.2) is 30.6 Å². The summed E-state index contributed by atoms with van der Waals surface area (Å²) in [4.78, 5) is 23.2. The van der Waals surface area contributed by atoms with Gasteiger partial charge in [0, 0.05) is 18.8 Å². The summed E-state index contributed by atoms with van der Waals surface area (Å²) >= 11 is 0. The summed E-state index contributed by atoms with van der Waals surface area (Å²) in [6.45, 7) is 6.05. The number of carbonyl (C=O) groups is 1. The van der Waals surface area contributed by atoms with Gasteiger partial charge in [-0.25, -0.2) is 9.97 Å². The zero-order valence-electron chi connectivity index (χ0n) is 13.7. The largest absolute Gasteiger partial charge is 0.355 e. The highest BCUT2D eigenvalue weighted by atomic mass is 16.1. The van der Waals surface area contributed by atoms with E-state index in [4.69, 9.17) is 0 Å². The van der Waals surface area contributed by atoms with E-state index >= 15 is 0 Å². The van der Waals surface area contributed by atoms with E-state index in [1.165, 1.54) is 19.3 Å². The molecule has 0 saturated carbocycles. The molecule has 2 heterocycles. The molecule has 0 unspecified atom stereocenters. The highest BCUT2D eigenvalue weighted by Gasteiger charge is 2.14. The van der Waals surface area contributed by atoms with E-state index in [-0.39, 0.29) is 5.91 Å². The van der Waals surface area contributed by atoms with Crippen LogP contribution in [-0.2, 0) is 0 Å². The molecule has 1 aliphatic rings. The van der Waals surface area contributed by atoms with Crippen LogP contribution in [0.25, 0.3) is 0 Å². The van der Waals surface area contributed by atoms with E-state index < -0.39 is 0 Å². The van der Waals surface area contributed by atoms with Crippen LogP contribution in [0.3, 0.4) is 0 Å². The van der Waals surface area contributed by atoms with Crippen molar-refractivity contribution in [2.45, 2.75) is 33.1 Å². The molecule has 2 aromatic rings. The predicted octanol–water partition coefficient (Wildman–Crippen LogP) is 3.34. The standard InChI is InChI=1S/C18H22N4O/c1-13-8-14(2)10-15(9-13)21-18(23)16-11-20-17(12-19-16)22-6-4-3-5-7-22/h8-12H,3-7H2,1-2H3,(H,21,23). The lowest BCUT2D eigenvalue weighted by Gasteiger charge is -2.27. The molecule has 1 aromatic heterocycles. The van der Waals surface area contributed by atoms with E-state index in [9.17, 15) is 4.79 Å². The van der Waals surface area contributed by atoms with Crippen molar-refractivity contribution in [3.63, 3.8) is 0 Å². The SMILES string of the molecule is Cc1cc(C)cc(NC(=O)c2cnc(N3CCCCC3)cn2)c1. The van der Waals surface area contributed by atoms with Gasteiger partial charge in [0.1, 0.15) is 11.5 Å². The van der Waals surface area contributed by atoms with Crippen molar-refractivity contribution in [2.75, 3.05) is 23.3 Å². The first-order chi connectivity index (χ1) is 11.1. The molecular weight excluding hydrogens is 288 g/mol. The lowest BCUT2D eigenvalue weighted by Crippen LogP contribution is -2.30. The molecule has 120 valence electrons. The van der Waals surface area contributed by atoms with Crippen LogP contribution in [0, 0.1) is 13.8 Å². The van der Waals surface area contributed by atoms with Crippen molar-refractivity contribution in [2.24, 2.45) is 0 Å². The van der Waals surface area contributed by atoms with E-state index in [2.05, 4.69) is 26.3 Å². The van der Waals surface area contributed by atoms with Gasteiger partial charge in [-0.1, -0.05) is 6.07 Å². The number of carbonyl (C=O) groups excluding carboxylic acids is 1. The van der Waals surface area contributed by atoms with Gasteiger partial charge >= 0.3 is 0 Å². The van der Waals surface area contributed by atoms with Crippen molar-refractivity contribution >= 4 is 17.4 Å². The van der Waals surface area contributed by atoms with E-state index in [1.807, 2.05) is 26.0 Å². The third kappa shape index (κ3) is 3.86. The number of piperidine rings is 1. The lowest BCUT2D eigenvalue weighted by molar-refractivity contribution is 0.102. The van der Waals surface area contributed by atoms with Gasteiger partial charge in [-0.2, -0.15) is 0 Å². The number of aryl methyl sites for hydroxylation is 2. The maximum absolute atomic E-state index is 12.3. The summed E-state index contributed by atoms with van der Waals surface area (Å²) in [6.07, 6.45) is 6.91. The smallest absolute Gasteiger partial charge is 0.275 e. The third-order valence-corrected chi connectivity index (χ3v) is 4.03. The van der Waals surface area contributed by atoms with Crippen LogP contribution in [0.1, 0.15) is 40.9 Å². The number of hydrogen-bond acceptors (Lipinski definition) is 4. The fraction of sp³-hybridized carbons (Fsp3) is 0.389. The van der Waals surface area contributed by atoms with Gasteiger partial charge < -0.3 is 10.2 Å². The van der Waals surface area contributed by atoms with Gasteiger partial charge in [-0.15, -0.1) is 0 Å². The summed E-state index contributed by atoms with van der Waals surface area (Å²) in [5, 5.41) is 2.88. The number of nitrogens with zero attached hydrogens (tertiary/aromatic N) is 3. The second-order valence-corrected chi connectivity index (χ2v) is 6.14.